The van der Waals surface area contributed by atoms with Crippen LogP contribution < -0.4 is 0 Å². The van der Waals surface area contributed by atoms with Crippen LogP contribution in [0.1, 0.15) is 96.9 Å². The van der Waals surface area contributed by atoms with E-state index in [-0.39, 0.29) is 0 Å². The van der Waals surface area contributed by atoms with E-state index < -0.39 is 0 Å². The zero-order valence-electron chi connectivity index (χ0n) is 19.0. The summed E-state index contributed by atoms with van der Waals surface area (Å²) in [5.74, 6) is 4.23. The maximum atomic E-state index is 2.53. The molecule has 140 valence electrons. The molecule has 0 rings (SSSR count). The quantitative estimate of drug-likeness (QED) is 0.425. The Morgan fingerprint density at radius 1 is 0.391 bits per heavy atom. The van der Waals surface area contributed by atoms with Gasteiger partial charge in [0.05, 0.1) is 0 Å². The molecule has 0 aliphatic heterocycles. The van der Waals surface area contributed by atoms with Crippen LogP contribution in [-0.2, 0) is 0 Å². The molecule has 0 saturated heterocycles. The zero-order valence-corrected chi connectivity index (χ0v) is 19.0. The lowest BCUT2D eigenvalue weighted by Crippen LogP contribution is -2.49. The number of hydrogen-bond acceptors (Lipinski definition) is 0. The highest BCUT2D eigenvalue weighted by Crippen LogP contribution is 2.55. The van der Waals surface area contributed by atoms with Crippen LogP contribution in [0.25, 0.3) is 0 Å². The fraction of sp³-hybridized carbons (Fsp3) is 1.00. The molecule has 0 aromatic heterocycles. The lowest BCUT2D eigenvalue weighted by Gasteiger charge is -2.55. The Labute approximate surface area is 149 Å². The summed E-state index contributed by atoms with van der Waals surface area (Å²) in [4.78, 5) is 0. The summed E-state index contributed by atoms with van der Waals surface area (Å²) < 4.78 is 0. The summed E-state index contributed by atoms with van der Waals surface area (Å²) >= 11 is 0. The first kappa shape index (κ1) is 23.0. The Bertz CT molecular complexity index is 328. The summed E-state index contributed by atoms with van der Waals surface area (Å²) in [6.07, 6.45) is 0. The van der Waals surface area contributed by atoms with Crippen LogP contribution in [0.4, 0.5) is 0 Å². The van der Waals surface area contributed by atoms with E-state index in [2.05, 4.69) is 96.9 Å². The van der Waals surface area contributed by atoms with Crippen LogP contribution in [-0.4, -0.2) is 0 Å². The van der Waals surface area contributed by atoms with E-state index >= 15 is 0 Å². The highest BCUT2D eigenvalue weighted by Gasteiger charge is 2.49. The molecule has 23 heavy (non-hydrogen) atoms. The lowest BCUT2D eigenvalue weighted by atomic mass is 9.50. The molecule has 0 bridgehead atoms. The van der Waals surface area contributed by atoms with Gasteiger partial charge in [-0.25, -0.2) is 0 Å². The minimum Gasteiger partial charge on any atom is -0.0623 e. The van der Waals surface area contributed by atoms with Crippen LogP contribution >= 0.6 is 0 Å². The second-order valence-electron chi connectivity index (χ2n) is 11.0. The average Bonchev–Trinajstić information content (AvgIpc) is 2.37. The predicted octanol–water partition coefficient (Wildman–Crippen LogP) is 7.92. The van der Waals surface area contributed by atoms with Crippen molar-refractivity contribution < 1.29 is 0 Å². The molecule has 0 radical (unpaired) electrons. The fourth-order valence-electron chi connectivity index (χ4n) is 4.08. The SMILES string of the molecule is CC(C)C(C)(C)C(C)C(C(C)C(C)(C)C(C)C)C(C)(C)C(C)C. The van der Waals surface area contributed by atoms with Crippen LogP contribution in [0.3, 0.4) is 0 Å². The van der Waals surface area contributed by atoms with Crippen molar-refractivity contribution in [2.45, 2.75) is 96.9 Å². The van der Waals surface area contributed by atoms with Gasteiger partial charge in [-0.3, -0.25) is 0 Å². The molecule has 0 fully saturated rings. The molecule has 0 amide bonds. The second kappa shape index (κ2) is 7.49. The van der Waals surface area contributed by atoms with Crippen molar-refractivity contribution in [3.05, 3.63) is 0 Å². The minimum absolute atomic E-state index is 0.344. The van der Waals surface area contributed by atoms with Crippen molar-refractivity contribution in [2.24, 2.45) is 51.8 Å². The van der Waals surface area contributed by atoms with Crippen molar-refractivity contribution in [1.29, 1.82) is 0 Å². The third kappa shape index (κ3) is 4.55. The molecule has 0 nitrogen and oxygen atoms in total. The van der Waals surface area contributed by atoms with E-state index in [0.717, 1.165) is 5.92 Å². The molecule has 0 aliphatic carbocycles. The van der Waals surface area contributed by atoms with Gasteiger partial charge >= 0.3 is 0 Å². The van der Waals surface area contributed by atoms with Gasteiger partial charge in [-0.2, -0.15) is 0 Å². The number of hydrogen-bond donors (Lipinski definition) is 0. The van der Waals surface area contributed by atoms with Crippen molar-refractivity contribution >= 4 is 0 Å². The van der Waals surface area contributed by atoms with E-state index in [9.17, 15) is 0 Å². The lowest BCUT2D eigenvalue weighted by molar-refractivity contribution is -0.0649. The highest BCUT2D eigenvalue weighted by molar-refractivity contribution is 4.97. The Morgan fingerprint density at radius 3 is 0.783 bits per heavy atom. The summed E-state index contributed by atoms with van der Waals surface area (Å²) in [5, 5.41) is 0. The van der Waals surface area contributed by atoms with Gasteiger partial charge in [-0.15, -0.1) is 0 Å². The van der Waals surface area contributed by atoms with Crippen LogP contribution in [0, 0.1) is 51.8 Å². The zero-order chi connectivity index (χ0) is 19.0. The van der Waals surface area contributed by atoms with E-state index in [0.29, 0.717) is 45.8 Å². The molecule has 0 N–H and O–H groups in total. The Morgan fingerprint density at radius 2 is 0.609 bits per heavy atom. The summed E-state index contributed by atoms with van der Waals surface area (Å²) in [7, 11) is 0. The molecule has 0 aromatic rings. The van der Waals surface area contributed by atoms with Crippen molar-refractivity contribution in [3.8, 4) is 0 Å². The number of rotatable bonds is 8. The first-order valence-electron chi connectivity index (χ1n) is 10.0. The van der Waals surface area contributed by atoms with E-state index in [1.165, 1.54) is 0 Å². The third-order valence-corrected chi connectivity index (χ3v) is 8.75. The van der Waals surface area contributed by atoms with Gasteiger partial charge in [0.25, 0.3) is 0 Å². The Kier molecular flexibility index (Phi) is 7.49. The smallest absolute Gasteiger partial charge is 0.0297 e. The van der Waals surface area contributed by atoms with Gasteiger partial charge in [0.15, 0.2) is 0 Å². The third-order valence-electron chi connectivity index (χ3n) is 8.75. The van der Waals surface area contributed by atoms with Gasteiger partial charge in [-0.1, -0.05) is 96.9 Å². The molecular weight excluding hydrogens is 276 g/mol. The van der Waals surface area contributed by atoms with Gasteiger partial charge in [0.1, 0.15) is 0 Å². The molecule has 2 unspecified atom stereocenters. The van der Waals surface area contributed by atoms with E-state index in [1.54, 1.807) is 0 Å². The summed E-state index contributed by atoms with van der Waals surface area (Å²) in [6.45, 7) is 34.5. The molecule has 0 heterocycles. The predicted molar refractivity (Wildman–Crippen MR) is 108 cm³/mol. The first-order chi connectivity index (χ1) is 10.0. The average molecular weight is 325 g/mol. The van der Waals surface area contributed by atoms with Gasteiger partial charge in [0, 0.05) is 0 Å². The molecule has 0 spiro atoms. The van der Waals surface area contributed by atoms with Crippen LogP contribution in [0.5, 0.6) is 0 Å². The van der Waals surface area contributed by atoms with Crippen LogP contribution in [0.15, 0.2) is 0 Å². The molecule has 2 atom stereocenters. The molecular formula is C23H48. The van der Waals surface area contributed by atoms with E-state index in [1.807, 2.05) is 0 Å². The van der Waals surface area contributed by atoms with Crippen molar-refractivity contribution in [2.75, 3.05) is 0 Å². The summed E-state index contributed by atoms with van der Waals surface area (Å²) in [6, 6.07) is 0. The van der Waals surface area contributed by atoms with E-state index in [4.69, 9.17) is 0 Å². The highest BCUT2D eigenvalue weighted by atomic mass is 14.5. The summed E-state index contributed by atoms with van der Waals surface area (Å²) in [5.41, 5.74) is 1.06. The molecule has 0 saturated carbocycles. The Balaban J connectivity index is 6.06. The molecule has 0 aromatic carbocycles. The largest absolute Gasteiger partial charge is 0.0623 e. The monoisotopic (exact) mass is 324 g/mol. The normalized spacial score (nSPS) is 18.7. The topological polar surface area (TPSA) is 0 Å². The van der Waals surface area contributed by atoms with Crippen LogP contribution in [0.2, 0.25) is 0 Å². The first-order valence-corrected chi connectivity index (χ1v) is 10.0. The van der Waals surface area contributed by atoms with Crippen molar-refractivity contribution in [1.82, 2.24) is 0 Å². The second-order valence-corrected chi connectivity index (χ2v) is 11.0. The van der Waals surface area contributed by atoms with Gasteiger partial charge in [-0.05, 0) is 51.8 Å². The van der Waals surface area contributed by atoms with Gasteiger partial charge in [0.2, 0.25) is 0 Å². The Hall–Kier alpha value is 0. The standard InChI is InChI=1S/C23H48/c1-15(2)21(9,10)18(7)20(23(13,14)17(5)6)19(8)22(11,12)16(3)4/h15-20H,1-14H3. The minimum atomic E-state index is 0.344. The molecule has 0 aliphatic rings. The maximum absolute atomic E-state index is 2.53. The maximum Gasteiger partial charge on any atom is -0.0297 e. The fourth-order valence-corrected chi connectivity index (χ4v) is 4.08. The van der Waals surface area contributed by atoms with Crippen molar-refractivity contribution in [3.63, 3.8) is 0 Å². The molecule has 0 heteroatoms. The van der Waals surface area contributed by atoms with Gasteiger partial charge < -0.3 is 0 Å².